The van der Waals surface area contributed by atoms with Crippen molar-refractivity contribution in [1.82, 2.24) is 19.9 Å². The van der Waals surface area contributed by atoms with E-state index in [1.165, 1.54) is 6.42 Å². The summed E-state index contributed by atoms with van der Waals surface area (Å²) in [5, 5.41) is 8.21. The van der Waals surface area contributed by atoms with Crippen molar-refractivity contribution >= 4 is 0 Å². The smallest absolute Gasteiger partial charge is 0.261 e. The van der Waals surface area contributed by atoms with Gasteiger partial charge in [-0.2, -0.15) is 10.1 Å². The molecule has 1 aliphatic rings. The molecule has 0 saturated heterocycles. The number of hydrogen-bond acceptors (Lipinski definition) is 5. The summed E-state index contributed by atoms with van der Waals surface area (Å²) in [6.45, 7) is 2.24. The maximum atomic E-state index is 6.49. The Morgan fingerprint density at radius 1 is 1.45 bits per heavy atom. The molecule has 0 amide bonds. The molecule has 0 spiro atoms. The van der Waals surface area contributed by atoms with Crippen LogP contribution in [0.25, 0.3) is 11.5 Å². The van der Waals surface area contributed by atoms with E-state index in [9.17, 15) is 0 Å². The van der Waals surface area contributed by atoms with Crippen LogP contribution in [-0.2, 0) is 12.6 Å². The van der Waals surface area contributed by atoms with E-state index in [1.54, 1.807) is 10.9 Å². The van der Waals surface area contributed by atoms with Gasteiger partial charge in [-0.1, -0.05) is 18.5 Å². The number of rotatable bonds is 3. The molecule has 0 radical (unpaired) electrons. The summed E-state index contributed by atoms with van der Waals surface area (Å²) >= 11 is 0. The molecule has 1 saturated carbocycles. The van der Waals surface area contributed by atoms with E-state index in [-0.39, 0.29) is 0 Å². The third kappa shape index (κ3) is 2.35. The van der Waals surface area contributed by atoms with Crippen LogP contribution < -0.4 is 5.73 Å². The molecule has 2 N–H and O–H groups in total. The van der Waals surface area contributed by atoms with Crippen LogP contribution in [-0.4, -0.2) is 19.9 Å². The molecule has 0 bridgehead atoms. The molecule has 108 valence electrons. The van der Waals surface area contributed by atoms with Crippen LogP contribution in [0.15, 0.2) is 16.9 Å². The maximum Gasteiger partial charge on any atom is 0.261 e. The number of nitrogens with two attached hydrogens (primary N) is 1. The quantitative estimate of drug-likeness (QED) is 0.928. The summed E-state index contributed by atoms with van der Waals surface area (Å²) < 4.78 is 7.05. The lowest BCUT2D eigenvalue weighted by atomic mass is 9.76. The molecular weight excluding hydrogens is 254 g/mol. The van der Waals surface area contributed by atoms with Gasteiger partial charge in [0.2, 0.25) is 0 Å². The van der Waals surface area contributed by atoms with E-state index in [4.69, 9.17) is 10.3 Å². The molecule has 0 unspecified atom stereocenters. The molecule has 1 aliphatic carbocycles. The maximum absolute atomic E-state index is 6.49. The molecule has 1 fully saturated rings. The van der Waals surface area contributed by atoms with Crippen LogP contribution in [0.3, 0.4) is 0 Å². The summed E-state index contributed by atoms with van der Waals surface area (Å²) in [6, 6.07) is 0. The molecule has 0 aliphatic heterocycles. The molecule has 2 aromatic rings. The highest BCUT2D eigenvalue weighted by atomic mass is 16.5. The molecule has 2 aromatic heterocycles. The summed E-state index contributed by atoms with van der Waals surface area (Å²) in [5.74, 6) is 1.91. The van der Waals surface area contributed by atoms with Crippen LogP contribution >= 0.6 is 0 Å². The van der Waals surface area contributed by atoms with Gasteiger partial charge in [0.05, 0.1) is 17.3 Å². The van der Waals surface area contributed by atoms with Crippen molar-refractivity contribution in [1.29, 1.82) is 0 Å². The van der Waals surface area contributed by atoms with Crippen molar-refractivity contribution in [2.75, 3.05) is 0 Å². The first-order valence-electron chi connectivity index (χ1n) is 7.23. The third-order valence-corrected chi connectivity index (χ3v) is 4.40. The van der Waals surface area contributed by atoms with Gasteiger partial charge in [-0.05, 0) is 31.6 Å². The van der Waals surface area contributed by atoms with Crippen molar-refractivity contribution in [3.05, 3.63) is 18.2 Å². The van der Waals surface area contributed by atoms with Crippen LogP contribution in [0, 0.1) is 5.92 Å². The van der Waals surface area contributed by atoms with Gasteiger partial charge in [-0.3, -0.25) is 4.68 Å². The van der Waals surface area contributed by atoms with Gasteiger partial charge < -0.3 is 10.3 Å². The van der Waals surface area contributed by atoms with E-state index in [1.807, 2.05) is 13.2 Å². The van der Waals surface area contributed by atoms with E-state index >= 15 is 0 Å². The zero-order chi connectivity index (χ0) is 14.2. The molecule has 20 heavy (non-hydrogen) atoms. The first kappa shape index (κ1) is 13.3. The number of nitrogens with zero attached hydrogens (tertiary/aromatic N) is 4. The minimum atomic E-state index is -0.435. The van der Waals surface area contributed by atoms with Gasteiger partial charge in [0, 0.05) is 13.2 Å². The fraction of sp³-hybridized carbons (Fsp3) is 0.643. The minimum Gasteiger partial charge on any atom is -0.334 e. The largest absolute Gasteiger partial charge is 0.334 e. The van der Waals surface area contributed by atoms with Gasteiger partial charge >= 0.3 is 0 Å². The lowest BCUT2D eigenvalue weighted by Crippen LogP contribution is -2.41. The van der Waals surface area contributed by atoms with Crippen molar-refractivity contribution in [3.8, 4) is 11.5 Å². The summed E-state index contributed by atoms with van der Waals surface area (Å²) in [5.41, 5.74) is 6.88. The first-order valence-corrected chi connectivity index (χ1v) is 7.23. The number of hydrogen-bond donors (Lipinski definition) is 1. The number of aryl methyl sites for hydroxylation is 1. The fourth-order valence-electron chi connectivity index (χ4n) is 2.90. The topological polar surface area (TPSA) is 82.8 Å². The Hall–Kier alpha value is -1.69. The van der Waals surface area contributed by atoms with Crippen LogP contribution in [0.4, 0.5) is 0 Å². The molecule has 0 aromatic carbocycles. The predicted octanol–water partition coefficient (Wildman–Crippen LogP) is 2.22. The highest BCUT2D eigenvalue weighted by Crippen LogP contribution is 2.37. The number of aromatic nitrogens is 4. The lowest BCUT2D eigenvalue weighted by molar-refractivity contribution is 0.216. The Morgan fingerprint density at radius 2 is 2.20 bits per heavy atom. The van der Waals surface area contributed by atoms with Gasteiger partial charge in [0.25, 0.3) is 5.89 Å². The SMILES string of the molecule is CCC1CCC(N)(c2noc(-c3cnn(C)c3)n2)CC1. The van der Waals surface area contributed by atoms with Gasteiger partial charge in [-0.25, -0.2) is 0 Å². The normalized spacial score (nSPS) is 26.9. The highest BCUT2D eigenvalue weighted by Gasteiger charge is 2.37. The van der Waals surface area contributed by atoms with Crippen molar-refractivity contribution in [2.24, 2.45) is 18.7 Å². The summed E-state index contributed by atoms with van der Waals surface area (Å²) in [4.78, 5) is 4.48. The molecule has 3 rings (SSSR count). The van der Waals surface area contributed by atoms with Gasteiger partial charge in [-0.15, -0.1) is 0 Å². The second-order valence-corrected chi connectivity index (χ2v) is 5.83. The van der Waals surface area contributed by atoms with Crippen molar-refractivity contribution in [3.63, 3.8) is 0 Å². The van der Waals surface area contributed by atoms with Crippen LogP contribution in [0.2, 0.25) is 0 Å². The zero-order valence-electron chi connectivity index (χ0n) is 12.0. The second kappa shape index (κ2) is 5.01. The first-order chi connectivity index (χ1) is 9.60. The monoisotopic (exact) mass is 275 g/mol. The summed E-state index contributed by atoms with van der Waals surface area (Å²) in [6.07, 6.45) is 8.94. The average molecular weight is 275 g/mol. The second-order valence-electron chi connectivity index (χ2n) is 5.83. The Balaban J connectivity index is 1.80. The third-order valence-electron chi connectivity index (χ3n) is 4.40. The van der Waals surface area contributed by atoms with E-state index in [2.05, 4.69) is 22.2 Å². The summed E-state index contributed by atoms with van der Waals surface area (Å²) in [7, 11) is 1.86. The Labute approximate surface area is 118 Å². The Bertz CT molecular complexity index is 580. The Kier molecular flexibility index (Phi) is 3.33. The zero-order valence-corrected chi connectivity index (χ0v) is 12.0. The average Bonchev–Trinajstić information content (AvgIpc) is 3.08. The van der Waals surface area contributed by atoms with Crippen LogP contribution in [0.5, 0.6) is 0 Å². The van der Waals surface area contributed by atoms with E-state index in [0.29, 0.717) is 11.7 Å². The molecule has 6 nitrogen and oxygen atoms in total. The van der Waals surface area contributed by atoms with Crippen LogP contribution in [0.1, 0.15) is 44.9 Å². The fourth-order valence-corrected chi connectivity index (χ4v) is 2.90. The Morgan fingerprint density at radius 3 is 2.80 bits per heavy atom. The highest BCUT2D eigenvalue weighted by molar-refractivity contribution is 5.49. The van der Waals surface area contributed by atoms with Crippen molar-refractivity contribution < 1.29 is 4.52 Å². The standard InChI is InChI=1S/C14H21N5O/c1-3-10-4-6-14(15,7-5-10)13-17-12(20-18-13)11-8-16-19(2)9-11/h8-10H,3-7,15H2,1-2H3. The predicted molar refractivity (Wildman–Crippen MR) is 74.6 cm³/mol. The van der Waals surface area contributed by atoms with Crippen molar-refractivity contribution in [2.45, 2.75) is 44.6 Å². The molecular formula is C14H21N5O. The minimum absolute atomic E-state index is 0.435. The molecule has 0 atom stereocenters. The van der Waals surface area contributed by atoms with Gasteiger partial charge in [0.1, 0.15) is 0 Å². The lowest BCUT2D eigenvalue weighted by Gasteiger charge is -2.34. The molecule has 6 heteroatoms. The van der Waals surface area contributed by atoms with E-state index in [0.717, 1.165) is 37.2 Å². The van der Waals surface area contributed by atoms with Gasteiger partial charge in [0.15, 0.2) is 5.82 Å². The van der Waals surface area contributed by atoms with E-state index < -0.39 is 5.54 Å². The molecule has 2 heterocycles.